The van der Waals surface area contributed by atoms with E-state index in [4.69, 9.17) is 14.7 Å². The van der Waals surface area contributed by atoms with Gasteiger partial charge in [0.05, 0.1) is 33.9 Å². The Morgan fingerprint density at radius 1 is 1.10 bits per heavy atom. The fourth-order valence-electron chi connectivity index (χ4n) is 6.53. The van der Waals surface area contributed by atoms with Gasteiger partial charge in [0.25, 0.3) is 5.91 Å². The Morgan fingerprint density at radius 2 is 1.85 bits per heavy atom. The van der Waals surface area contributed by atoms with E-state index in [0.717, 1.165) is 4.88 Å². The lowest BCUT2D eigenvalue weighted by molar-refractivity contribution is -0.141. The Hall–Kier alpha value is -4.96. The summed E-state index contributed by atoms with van der Waals surface area (Å²) in [7, 11) is -3.88. The van der Waals surface area contributed by atoms with Crippen molar-refractivity contribution in [2.75, 3.05) is 11.9 Å². The van der Waals surface area contributed by atoms with Crippen molar-refractivity contribution in [2.45, 2.75) is 75.4 Å². The number of benzene rings is 1. The van der Waals surface area contributed by atoms with E-state index in [-0.39, 0.29) is 25.3 Å². The normalized spacial score (nSPS) is 23.4. The number of likely N-dealkylation sites (tertiary alicyclic amines) is 1. The molecule has 16 heteroatoms. The lowest BCUT2D eigenvalue weighted by Gasteiger charge is -2.35. The molecule has 4 heterocycles. The largest absolute Gasteiger partial charge is 0.471 e. The average molecular weight is 745 g/mol. The van der Waals surface area contributed by atoms with Gasteiger partial charge in [-0.2, -0.15) is 0 Å². The zero-order valence-electron chi connectivity index (χ0n) is 29.0. The Balaban J connectivity index is 1.21. The number of carbonyl (C=O) groups is 3. The SMILES string of the molecule is C=C[C@@H]1CC1(NC(=O)[C@@H]1C[C@@H](Oc2nc3ccccc3nc2-c2cccs2)CN1C(=O)[C@@H](Nc1cnccn1)C(C)(C)C)C(=O)NS(=O)(=O)C1CC1. The van der Waals surface area contributed by atoms with Gasteiger partial charge in [0, 0.05) is 24.7 Å². The first-order chi connectivity index (χ1) is 24.8. The molecule has 3 N–H and O–H groups in total. The summed E-state index contributed by atoms with van der Waals surface area (Å²) < 4.78 is 34.2. The van der Waals surface area contributed by atoms with Gasteiger partial charge in [-0.05, 0) is 48.3 Å². The van der Waals surface area contributed by atoms with Crippen LogP contribution in [0, 0.1) is 11.3 Å². The van der Waals surface area contributed by atoms with Crippen molar-refractivity contribution in [3.63, 3.8) is 0 Å². The number of amides is 3. The molecule has 3 aromatic heterocycles. The van der Waals surface area contributed by atoms with Gasteiger partial charge in [-0.15, -0.1) is 17.9 Å². The van der Waals surface area contributed by atoms with E-state index in [0.29, 0.717) is 35.4 Å². The third kappa shape index (κ3) is 7.08. The molecular formula is C36H40N8O6S2. The molecule has 52 heavy (non-hydrogen) atoms. The van der Waals surface area contributed by atoms with Crippen LogP contribution in [0.3, 0.4) is 0 Å². The molecule has 1 aliphatic heterocycles. The lowest BCUT2D eigenvalue weighted by Crippen LogP contribution is -2.58. The van der Waals surface area contributed by atoms with E-state index in [1.54, 1.807) is 0 Å². The predicted octanol–water partition coefficient (Wildman–Crippen LogP) is 3.69. The summed E-state index contributed by atoms with van der Waals surface area (Å²) in [6, 6.07) is 9.34. The van der Waals surface area contributed by atoms with E-state index in [1.807, 2.05) is 62.5 Å². The summed E-state index contributed by atoms with van der Waals surface area (Å²) in [5.41, 5.74) is -0.317. The van der Waals surface area contributed by atoms with Crippen molar-refractivity contribution in [2.24, 2.45) is 11.3 Å². The van der Waals surface area contributed by atoms with Gasteiger partial charge >= 0.3 is 0 Å². The molecule has 2 aliphatic carbocycles. The van der Waals surface area contributed by atoms with Crippen LogP contribution in [0.25, 0.3) is 21.6 Å². The first kappa shape index (κ1) is 35.4. The summed E-state index contributed by atoms with van der Waals surface area (Å²) in [6.07, 6.45) is 6.56. The van der Waals surface area contributed by atoms with Gasteiger partial charge in [0.1, 0.15) is 35.2 Å². The highest BCUT2D eigenvalue weighted by atomic mass is 32.2. The fourth-order valence-corrected chi connectivity index (χ4v) is 8.60. The summed E-state index contributed by atoms with van der Waals surface area (Å²) in [5, 5.41) is 7.35. The maximum absolute atomic E-state index is 14.6. The monoisotopic (exact) mass is 744 g/mol. The molecule has 0 bridgehead atoms. The van der Waals surface area contributed by atoms with E-state index in [9.17, 15) is 22.8 Å². The Kier molecular flexibility index (Phi) is 9.23. The fraction of sp³-hybridized carbons (Fsp3) is 0.417. The summed E-state index contributed by atoms with van der Waals surface area (Å²) >= 11 is 1.48. The number of anilines is 1. The molecule has 5 atom stereocenters. The lowest BCUT2D eigenvalue weighted by atomic mass is 9.85. The van der Waals surface area contributed by atoms with Crippen LogP contribution >= 0.6 is 11.3 Å². The molecule has 1 saturated heterocycles. The van der Waals surface area contributed by atoms with Gasteiger partial charge in [-0.25, -0.2) is 23.4 Å². The summed E-state index contributed by atoms with van der Waals surface area (Å²) in [4.78, 5) is 62.9. The summed E-state index contributed by atoms with van der Waals surface area (Å²) in [6.45, 7) is 9.51. The molecule has 7 rings (SSSR count). The molecule has 0 radical (unpaired) electrons. The average Bonchev–Trinajstić information content (AvgIpc) is 3.99. The van der Waals surface area contributed by atoms with Crippen LogP contribution in [-0.2, 0) is 24.4 Å². The highest BCUT2D eigenvalue weighted by molar-refractivity contribution is 7.91. The third-order valence-corrected chi connectivity index (χ3v) is 12.3. The maximum Gasteiger partial charge on any atom is 0.259 e. The number of nitrogens with one attached hydrogen (secondary N) is 3. The molecule has 3 aliphatic rings. The van der Waals surface area contributed by atoms with E-state index in [2.05, 4.69) is 31.9 Å². The zero-order valence-corrected chi connectivity index (χ0v) is 30.6. The maximum atomic E-state index is 14.6. The Morgan fingerprint density at radius 3 is 2.46 bits per heavy atom. The number of nitrogens with zero attached hydrogens (tertiary/aromatic N) is 5. The van der Waals surface area contributed by atoms with Crippen molar-refractivity contribution < 1.29 is 27.5 Å². The van der Waals surface area contributed by atoms with Gasteiger partial charge in [0.2, 0.25) is 27.7 Å². The number of hydrogen-bond acceptors (Lipinski definition) is 12. The molecule has 1 aromatic carbocycles. The van der Waals surface area contributed by atoms with Crippen LogP contribution in [0.15, 0.2) is 73.0 Å². The molecule has 0 spiro atoms. The number of sulfonamides is 1. The first-order valence-electron chi connectivity index (χ1n) is 17.1. The second kappa shape index (κ2) is 13.5. The van der Waals surface area contributed by atoms with Crippen molar-refractivity contribution >= 4 is 55.9 Å². The molecule has 2 saturated carbocycles. The number of thiophene rings is 1. The van der Waals surface area contributed by atoms with Crippen LogP contribution in [0.1, 0.15) is 46.5 Å². The molecule has 14 nitrogen and oxygen atoms in total. The minimum atomic E-state index is -3.88. The van der Waals surface area contributed by atoms with Crippen LogP contribution in [0.4, 0.5) is 5.82 Å². The number of carbonyl (C=O) groups excluding carboxylic acids is 3. The third-order valence-electron chi connectivity index (χ3n) is 9.64. The highest BCUT2D eigenvalue weighted by Gasteiger charge is 2.62. The molecular weight excluding hydrogens is 705 g/mol. The number of hydrogen-bond donors (Lipinski definition) is 3. The second-order valence-corrected chi connectivity index (χ2v) is 17.5. The van der Waals surface area contributed by atoms with Crippen molar-refractivity contribution in [3.05, 3.63) is 73.0 Å². The molecule has 1 unspecified atom stereocenters. The van der Waals surface area contributed by atoms with Crippen LogP contribution in [0.2, 0.25) is 0 Å². The van der Waals surface area contributed by atoms with Gasteiger partial charge < -0.3 is 20.3 Å². The minimum Gasteiger partial charge on any atom is -0.471 e. The van der Waals surface area contributed by atoms with Crippen LogP contribution in [-0.4, -0.2) is 86.5 Å². The van der Waals surface area contributed by atoms with Crippen molar-refractivity contribution in [1.29, 1.82) is 0 Å². The van der Waals surface area contributed by atoms with Crippen LogP contribution < -0.4 is 20.1 Å². The molecule has 4 aromatic rings. The Bertz CT molecular complexity index is 2120. The zero-order chi connectivity index (χ0) is 36.8. The molecule has 3 amide bonds. The van der Waals surface area contributed by atoms with Gasteiger partial charge in [-0.1, -0.05) is 45.0 Å². The number of fused-ring (bicyclic) bond motifs is 1. The number of ether oxygens (including phenoxy) is 1. The number of para-hydroxylation sites is 2. The highest BCUT2D eigenvalue weighted by Crippen LogP contribution is 2.46. The van der Waals surface area contributed by atoms with Crippen molar-refractivity contribution in [3.8, 4) is 16.5 Å². The first-order valence-corrected chi connectivity index (χ1v) is 19.5. The smallest absolute Gasteiger partial charge is 0.259 e. The predicted molar refractivity (Wildman–Crippen MR) is 196 cm³/mol. The topological polar surface area (TPSA) is 185 Å². The summed E-state index contributed by atoms with van der Waals surface area (Å²) in [5.74, 6) is -1.67. The van der Waals surface area contributed by atoms with Gasteiger partial charge in [-0.3, -0.25) is 24.1 Å². The minimum absolute atomic E-state index is 0.0180. The number of aromatic nitrogens is 4. The Labute approximate surface area is 305 Å². The van der Waals surface area contributed by atoms with Gasteiger partial charge in [0.15, 0.2) is 0 Å². The molecule has 272 valence electrons. The van der Waals surface area contributed by atoms with Crippen molar-refractivity contribution in [1.82, 2.24) is 34.9 Å². The molecule has 3 fully saturated rings. The number of rotatable bonds is 12. The quantitative estimate of drug-likeness (QED) is 0.180. The van der Waals surface area contributed by atoms with E-state index >= 15 is 0 Å². The van der Waals surface area contributed by atoms with Crippen LogP contribution in [0.5, 0.6) is 5.88 Å². The van der Waals surface area contributed by atoms with E-state index in [1.165, 1.54) is 40.9 Å². The van der Waals surface area contributed by atoms with E-state index < -0.39 is 68.1 Å². The standard InChI is InChI=1S/C36H40N8O6S2/c1-5-21-18-36(21,34(47)43-52(48,49)23-12-13-23)42-31(45)26-17-22(20-44(26)33(46)30(35(2,3)4)41-28-19-37-14-15-38-28)50-32-29(27-11-8-16-51-27)39-24-9-6-7-10-25(24)40-32/h5-11,14-16,19,21-23,26,30H,1,12-13,17-18,20H2,2-4H3,(H,38,41)(H,42,45)(H,43,47)/t21-,22-,26+,30-,36?/m1/s1. The second-order valence-electron chi connectivity index (χ2n) is 14.5.